The predicted octanol–water partition coefficient (Wildman–Crippen LogP) is 7.92. The van der Waals surface area contributed by atoms with Crippen molar-refractivity contribution in [2.24, 2.45) is 11.8 Å². The quantitative estimate of drug-likeness (QED) is 0.250. The predicted molar refractivity (Wildman–Crippen MR) is 175 cm³/mol. The smallest absolute Gasteiger partial charge is 0 e. The molecule has 8 aliphatic carbocycles. The first-order valence-corrected chi connectivity index (χ1v) is 14.5. The van der Waals surface area contributed by atoms with Crippen molar-refractivity contribution in [3.05, 3.63) is 255 Å². The fourth-order valence-corrected chi connectivity index (χ4v) is 4.82. The Morgan fingerprint density at radius 3 is 0.391 bits per heavy atom. The molecular formula is C42H38Fe4. The number of hydrogen-bond donors (Lipinski definition) is 0. The molecule has 0 aromatic rings. The van der Waals surface area contributed by atoms with Gasteiger partial charge >= 0.3 is 0 Å². The average molecular weight is 766 g/mol. The Bertz CT molecular complexity index is 465. The molecular weight excluding hydrogens is 728 g/mol. The summed E-state index contributed by atoms with van der Waals surface area (Å²) in [6.07, 6.45) is 75.1. The summed E-state index contributed by atoms with van der Waals surface area (Å²) in [6.45, 7) is 0. The Kier molecular flexibility index (Phi) is 33.2. The summed E-state index contributed by atoms with van der Waals surface area (Å²) in [6, 6.07) is 0. The van der Waals surface area contributed by atoms with Gasteiger partial charge in [0.25, 0.3) is 0 Å². The van der Waals surface area contributed by atoms with E-state index in [-0.39, 0.29) is 68.3 Å². The van der Waals surface area contributed by atoms with Crippen LogP contribution in [0.5, 0.6) is 0 Å². The molecule has 8 aliphatic rings. The SMILES string of the molecule is [CH]1[CH][CH][CH][CH]1.[CH]1[CH][CH][CH][CH]1.[CH]1[CH][CH][CH][CH]1.[CH]1[CH][CH][CH][CH]1.[CH]1[CH][CH][C](C([C]2[CH][CH][CH][CH]2)C([C]2[CH][CH][CH][CH]2)[C]2[CH][CH][CH][CH]2)[CH]1.[Fe].[Fe].[Fe].[Fe]. The largest absolute Gasteiger partial charge is 0.0312 e. The van der Waals surface area contributed by atoms with Crippen molar-refractivity contribution in [3.8, 4) is 0 Å². The van der Waals surface area contributed by atoms with Gasteiger partial charge in [-0.05, 0) is 267 Å². The van der Waals surface area contributed by atoms with E-state index < -0.39 is 0 Å². The summed E-state index contributed by atoms with van der Waals surface area (Å²) in [4.78, 5) is 0. The first kappa shape index (κ1) is 48.1. The minimum absolute atomic E-state index is 0. The molecule has 40 radical (unpaired) electrons. The summed E-state index contributed by atoms with van der Waals surface area (Å²) in [5, 5.41) is 0. The zero-order valence-electron chi connectivity index (χ0n) is 25.4. The van der Waals surface area contributed by atoms with Crippen LogP contribution in [0.4, 0.5) is 0 Å². The van der Waals surface area contributed by atoms with E-state index in [4.69, 9.17) is 0 Å². The molecule has 8 rings (SSSR count). The number of hydrogen-bond acceptors (Lipinski definition) is 0. The molecule has 0 aromatic heterocycles. The van der Waals surface area contributed by atoms with Crippen LogP contribution in [-0.2, 0) is 68.3 Å². The Morgan fingerprint density at radius 2 is 0.283 bits per heavy atom. The second kappa shape index (κ2) is 31.8. The maximum atomic E-state index is 2.25. The molecule has 0 spiro atoms. The van der Waals surface area contributed by atoms with Crippen molar-refractivity contribution in [2.75, 3.05) is 0 Å². The van der Waals surface area contributed by atoms with Crippen LogP contribution in [0.25, 0.3) is 0 Å². The molecule has 0 atom stereocenters. The van der Waals surface area contributed by atoms with Crippen LogP contribution < -0.4 is 0 Å². The van der Waals surface area contributed by atoms with Crippen LogP contribution in [0.1, 0.15) is 0 Å². The van der Waals surface area contributed by atoms with Crippen LogP contribution in [0.15, 0.2) is 0 Å². The topological polar surface area (TPSA) is 0 Å². The van der Waals surface area contributed by atoms with Crippen molar-refractivity contribution >= 4 is 0 Å². The van der Waals surface area contributed by atoms with Gasteiger partial charge in [-0.1, -0.05) is 0 Å². The van der Waals surface area contributed by atoms with Gasteiger partial charge in [-0.25, -0.2) is 0 Å². The van der Waals surface area contributed by atoms with Crippen molar-refractivity contribution < 1.29 is 68.3 Å². The van der Waals surface area contributed by atoms with Gasteiger partial charge in [-0.15, -0.1) is 0 Å². The molecule has 4 heteroatoms. The van der Waals surface area contributed by atoms with E-state index >= 15 is 0 Å². The molecule has 0 heterocycles. The van der Waals surface area contributed by atoms with E-state index in [1.54, 1.807) is 0 Å². The van der Waals surface area contributed by atoms with Gasteiger partial charge in [0.1, 0.15) is 0 Å². The molecule has 0 bridgehead atoms. The summed E-state index contributed by atoms with van der Waals surface area (Å²) in [5.74, 6) is 6.26. The van der Waals surface area contributed by atoms with Crippen molar-refractivity contribution in [1.29, 1.82) is 0 Å². The Morgan fingerprint density at radius 1 is 0.174 bits per heavy atom. The molecule has 8 saturated carbocycles. The van der Waals surface area contributed by atoms with E-state index in [0.717, 1.165) is 0 Å². The standard InChI is InChI=1S/C22H18.4C5H5.4Fe/c1-2-10-17(9-1)21(18-11-3-4-12-18)22(19-13-5-6-14-19)20-15-7-8-16-20;4*1-2-4-5-3-1;;;;/h1-16,21-22H;4*1-5H;;;;. The maximum Gasteiger partial charge on any atom is 0 e. The van der Waals surface area contributed by atoms with Gasteiger partial charge in [0.05, 0.1) is 0 Å². The van der Waals surface area contributed by atoms with Crippen LogP contribution in [-0.4, -0.2) is 0 Å². The molecule has 8 fully saturated rings. The van der Waals surface area contributed by atoms with Gasteiger partial charge in [0.2, 0.25) is 0 Å². The molecule has 46 heavy (non-hydrogen) atoms. The van der Waals surface area contributed by atoms with Crippen molar-refractivity contribution in [2.45, 2.75) is 0 Å². The average Bonchev–Trinajstić information content (AvgIpc) is 3.93. The van der Waals surface area contributed by atoms with Gasteiger partial charge in [-0.3, -0.25) is 0 Å². The summed E-state index contributed by atoms with van der Waals surface area (Å²) >= 11 is 0. The van der Waals surface area contributed by atoms with E-state index in [2.05, 4.69) is 103 Å². The third kappa shape index (κ3) is 19.1. The van der Waals surface area contributed by atoms with E-state index in [1.165, 1.54) is 23.7 Å². The molecule has 0 N–H and O–H groups in total. The fourth-order valence-electron chi connectivity index (χ4n) is 4.82. The molecule has 0 aliphatic heterocycles. The molecule has 0 saturated heterocycles. The van der Waals surface area contributed by atoms with Crippen molar-refractivity contribution in [3.63, 3.8) is 0 Å². The Labute approximate surface area is 332 Å². The summed E-state index contributed by atoms with van der Waals surface area (Å²) in [5.41, 5.74) is 0. The molecule has 238 valence electrons. The monoisotopic (exact) mass is 766 g/mol. The first-order valence-electron chi connectivity index (χ1n) is 14.5. The number of rotatable bonds is 5. The van der Waals surface area contributed by atoms with Crippen LogP contribution in [0.3, 0.4) is 0 Å². The van der Waals surface area contributed by atoms with Crippen molar-refractivity contribution in [1.82, 2.24) is 0 Å². The third-order valence-corrected chi connectivity index (χ3v) is 6.75. The Hall–Kier alpha value is 2.08. The van der Waals surface area contributed by atoms with E-state index in [0.29, 0.717) is 11.8 Å². The van der Waals surface area contributed by atoms with Gasteiger partial charge in [0, 0.05) is 68.3 Å². The first-order chi connectivity index (χ1) is 20.9. The Balaban J connectivity index is 0.000000688. The zero-order valence-corrected chi connectivity index (χ0v) is 29.8. The molecule has 0 aromatic carbocycles. The van der Waals surface area contributed by atoms with Crippen LogP contribution in [0, 0.1) is 267 Å². The second-order valence-corrected chi connectivity index (χ2v) is 9.68. The van der Waals surface area contributed by atoms with Gasteiger partial charge < -0.3 is 0 Å². The second-order valence-electron chi connectivity index (χ2n) is 9.68. The zero-order chi connectivity index (χ0) is 28.9. The molecule has 0 amide bonds. The fraction of sp³-hybridized carbons (Fsp3) is 0.0476. The van der Waals surface area contributed by atoms with E-state index in [9.17, 15) is 0 Å². The summed E-state index contributed by atoms with van der Waals surface area (Å²) < 4.78 is 0. The van der Waals surface area contributed by atoms with Crippen LogP contribution in [0.2, 0.25) is 0 Å². The van der Waals surface area contributed by atoms with E-state index in [1.807, 2.05) is 128 Å². The van der Waals surface area contributed by atoms with Crippen LogP contribution >= 0.6 is 0 Å². The maximum absolute atomic E-state index is 2.25. The van der Waals surface area contributed by atoms with Gasteiger partial charge in [0.15, 0.2) is 0 Å². The third-order valence-electron chi connectivity index (χ3n) is 6.75. The van der Waals surface area contributed by atoms with Gasteiger partial charge in [-0.2, -0.15) is 0 Å². The summed E-state index contributed by atoms with van der Waals surface area (Å²) in [7, 11) is 0. The minimum Gasteiger partial charge on any atom is -0.0312 e. The minimum atomic E-state index is 0. The molecule has 0 nitrogen and oxygen atoms in total. The normalized spacial score (nSPS) is 24.7. The molecule has 0 unspecified atom stereocenters.